The van der Waals surface area contributed by atoms with Crippen molar-refractivity contribution in [2.24, 2.45) is 5.84 Å². The third-order valence-corrected chi connectivity index (χ3v) is 1.70. The molecule has 0 fully saturated rings. The molecular weight excluding hydrogens is 223 g/mol. The SMILES string of the molecule is NNOC(=O)CCn1cc(F)c(=O)[nH]c1=O. The second-order valence-corrected chi connectivity index (χ2v) is 2.77. The summed E-state index contributed by atoms with van der Waals surface area (Å²) in [5, 5.41) is 0. The smallest absolute Gasteiger partial charge is 0.328 e. The molecule has 0 bridgehead atoms. The number of hydrazine groups is 1. The largest absolute Gasteiger partial charge is 0.356 e. The van der Waals surface area contributed by atoms with Gasteiger partial charge in [-0.1, -0.05) is 5.59 Å². The number of hydrogen-bond acceptors (Lipinski definition) is 6. The van der Waals surface area contributed by atoms with Gasteiger partial charge in [0.1, 0.15) is 0 Å². The maximum Gasteiger partial charge on any atom is 0.328 e. The van der Waals surface area contributed by atoms with Crippen LogP contribution in [0, 0.1) is 5.82 Å². The van der Waals surface area contributed by atoms with E-state index in [0.717, 1.165) is 4.57 Å². The predicted octanol–water partition coefficient (Wildman–Crippen LogP) is -2.01. The molecule has 88 valence electrons. The van der Waals surface area contributed by atoms with E-state index < -0.39 is 23.0 Å². The molecule has 16 heavy (non-hydrogen) atoms. The van der Waals surface area contributed by atoms with Crippen LogP contribution in [-0.4, -0.2) is 15.5 Å². The van der Waals surface area contributed by atoms with Crippen molar-refractivity contribution in [3.05, 3.63) is 32.9 Å². The molecule has 1 heterocycles. The molecule has 1 aromatic heterocycles. The van der Waals surface area contributed by atoms with Crippen LogP contribution in [0.1, 0.15) is 6.42 Å². The number of hydrogen-bond donors (Lipinski definition) is 3. The number of nitrogens with zero attached hydrogens (tertiary/aromatic N) is 1. The van der Waals surface area contributed by atoms with E-state index in [1.165, 1.54) is 0 Å². The number of carbonyl (C=O) groups excluding carboxylic acids is 1. The van der Waals surface area contributed by atoms with Gasteiger partial charge in [-0.05, 0) is 0 Å². The van der Waals surface area contributed by atoms with Gasteiger partial charge >= 0.3 is 11.7 Å². The summed E-state index contributed by atoms with van der Waals surface area (Å²) in [5.41, 5.74) is -0.240. The van der Waals surface area contributed by atoms with Gasteiger partial charge in [0.25, 0.3) is 5.56 Å². The molecular formula is C7H9FN4O4. The van der Waals surface area contributed by atoms with Crippen molar-refractivity contribution in [3.8, 4) is 0 Å². The summed E-state index contributed by atoms with van der Waals surface area (Å²) >= 11 is 0. The minimum absolute atomic E-state index is 0.132. The fourth-order valence-corrected chi connectivity index (χ4v) is 0.977. The molecule has 0 unspecified atom stereocenters. The van der Waals surface area contributed by atoms with Crippen molar-refractivity contribution >= 4 is 5.97 Å². The van der Waals surface area contributed by atoms with Gasteiger partial charge in [-0.2, -0.15) is 4.39 Å². The summed E-state index contributed by atoms with van der Waals surface area (Å²) in [6.45, 7) is -0.132. The van der Waals surface area contributed by atoms with E-state index in [9.17, 15) is 18.8 Å². The van der Waals surface area contributed by atoms with Gasteiger partial charge in [-0.25, -0.2) is 10.6 Å². The summed E-state index contributed by atoms with van der Waals surface area (Å²) in [5.74, 6) is 2.88. The summed E-state index contributed by atoms with van der Waals surface area (Å²) < 4.78 is 13.6. The van der Waals surface area contributed by atoms with Gasteiger partial charge in [0.2, 0.25) is 5.82 Å². The van der Waals surface area contributed by atoms with Crippen LogP contribution in [0.3, 0.4) is 0 Å². The number of rotatable bonds is 4. The Bertz CT molecular complexity index is 494. The first-order valence-electron chi connectivity index (χ1n) is 4.19. The quantitative estimate of drug-likeness (QED) is 0.407. The Morgan fingerprint density at radius 3 is 2.94 bits per heavy atom. The van der Waals surface area contributed by atoms with Crippen molar-refractivity contribution < 1.29 is 14.0 Å². The number of aromatic amines is 1. The summed E-state index contributed by atoms with van der Waals surface area (Å²) in [6.07, 6.45) is 0.514. The Kier molecular flexibility index (Phi) is 3.91. The molecule has 0 spiro atoms. The maximum absolute atomic E-state index is 12.8. The van der Waals surface area contributed by atoms with Crippen LogP contribution in [0.5, 0.6) is 0 Å². The highest BCUT2D eigenvalue weighted by Gasteiger charge is 2.07. The second-order valence-electron chi connectivity index (χ2n) is 2.77. The van der Waals surface area contributed by atoms with E-state index in [0.29, 0.717) is 6.20 Å². The summed E-state index contributed by atoms with van der Waals surface area (Å²) in [4.78, 5) is 38.5. The first kappa shape index (κ1) is 12.1. The van der Waals surface area contributed by atoms with Crippen LogP contribution < -0.4 is 22.7 Å². The standard InChI is InChI=1S/C7H9FN4O4/c8-4-3-12(7(15)10-6(4)14)2-1-5(13)16-11-9/h3,11H,1-2,9H2,(H,10,14,15). The highest BCUT2D eigenvalue weighted by atomic mass is 19.1. The molecule has 0 amide bonds. The van der Waals surface area contributed by atoms with Crippen molar-refractivity contribution in [2.45, 2.75) is 13.0 Å². The van der Waals surface area contributed by atoms with E-state index in [1.807, 2.05) is 0 Å². The van der Waals surface area contributed by atoms with Crippen molar-refractivity contribution in [2.75, 3.05) is 0 Å². The number of halogens is 1. The van der Waals surface area contributed by atoms with Gasteiger partial charge in [0, 0.05) is 6.54 Å². The molecule has 1 rings (SSSR count). The lowest BCUT2D eigenvalue weighted by atomic mass is 10.4. The Morgan fingerprint density at radius 1 is 1.62 bits per heavy atom. The molecule has 8 nitrogen and oxygen atoms in total. The molecule has 4 N–H and O–H groups in total. The zero-order valence-corrected chi connectivity index (χ0v) is 8.03. The first-order valence-corrected chi connectivity index (χ1v) is 4.19. The normalized spacial score (nSPS) is 10.1. The molecule has 0 aliphatic rings. The van der Waals surface area contributed by atoms with Crippen molar-refractivity contribution in [1.29, 1.82) is 0 Å². The zero-order chi connectivity index (χ0) is 12.1. The number of nitrogens with two attached hydrogens (primary N) is 1. The average Bonchev–Trinajstić information content (AvgIpc) is 2.22. The summed E-state index contributed by atoms with van der Waals surface area (Å²) in [7, 11) is 0. The average molecular weight is 232 g/mol. The third kappa shape index (κ3) is 3.00. The van der Waals surface area contributed by atoms with Crippen molar-refractivity contribution in [3.63, 3.8) is 0 Å². The molecule has 9 heteroatoms. The summed E-state index contributed by atoms with van der Waals surface area (Å²) in [6, 6.07) is 0. The lowest BCUT2D eigenvalue weighted by Gasteiger charge is -2.04. The van der Waals surface area contributed by atoms with E-state index in [4.69, 9.17) is 5.84 Å². The highest BCUT2D eigenvalue weighted by molar-refractivity contribution is 5.68. The zero-order valence-electron chi connectivity index (χ0n) is 8.03. The van der Waals surface area contributed by atoms with Gasteiger partial charge < -0.3 is 4.84 Å². The van der Waals surface area contributed by atoms with Gasteiger partial charge in [-0.15, -0.1) is 0 Å². The molecule has 0 aliphatic carbocycles. The van der Waals surface area contributed by atoms with Crippen molar-refractivity contribution in [1.82, 2.24) is 15.1 Å². The molecule has 0 aliphatic heterocycles. The minimum atomic E-state index is -1.11. The number of H-pyrrole nitrogens is 1. The Morgan fingerprint density at radius 2 is 2.31 bits per heavy atom. The molecule has 0 aromatic carbocycles. The molecule has 0 saturated carbocycles. The lowest BCUT2D eigenvalue weighted by Crippen LogP contribution is -2.32. The van der Waals surface area contributed by atoms with Gasteiger partial charge in [-0.3, -0.25) is 19.1 Å². The van der Waals surface area contributed by atoms with Crippen LogP contribution in [0.2, 0.25) is 0 Å². The Labute approximate surface area is 87.8 Å². The molecule has 0 radical (unpaired) electrons. The molecule has 0 atom stereocenters. The monoisotopic (exact) mass is 232 g/mol. The number of aromatic nitrogens is 2. The third-order valence-electron chi connectivity index (χ3n) is 1.70. The number of nitrogens with one attached hydrogen (secondary N) is 2. The highest BCUT2D eigenvalue weighted by Crippen LogP contribution is 1.90. The lowest BCUT2D eigenvalue weighted by molar-refractivity contribution is -0.151. The van der Waals surface area contributed by atoms with Crippen LogP contribution in [0.4, 0.5) is 4.39 Å². The fourth-order valence-electron chi connectivity index (χ4n) is 0.977. The number of aryl methyl sites for hydroxylation is 1. The Balaban J connectivity index is 2.75. The van der Waals surface area contributed by atoms with E-state index in [1.54, 1.807) is 10.6 Å². The van der Waals surface area contributed by atoms with E-state index >= 15 is 0 Å². The molecule has 0 saturated heterocycles. The maximum atomic E-state index is 12.8. The van der Waals surface area contributed by atoms with Gasteiger partial charge in [0.15, 0.2) is 0 Å². The predicted molar refractivity (Wildman–Crippen MR) is 49.3 cm³/mol. The Hall–Kier alpha value is -2.00. The topological polar surface area (TPSA) is 119 Å². The minimum Gasteiger partial charge on any atom is -0.356 e. The van der Waals surface area contributed by atoms with E-state index in [-0.39, 0.29) is 13.0 Å². The van der Waals surface area contributed by atoms with Gasteiger partial charge in [0.05, 0.1) is 12.6 Å². The molecule has 1 aromatic rings. The number of carbonyl (C=O) groups is 1. The van der Waals surface area contributed by atoms with Crippen LogP contribution in [0.25, 0.3) is 0 Å². The van der Waals surface area contributed by atoms with Crippen LogP contribution in [-0.2, 0) is 16.2 Å². The van der Waals surface area contributed by atoms with Crippen LogP contribution >= 0.6 is 0 Å². The fraction of sp³-hybridized carbons (Fsp3) is 0.286. The van der Waals surface area contributed by atoms with Crippen LogP contribution in [0.15, 0.2) is 15.8 Å². The van der Waals surface area contributed by atoms with E-state index in [2.05, 4.69) is 4.84 Å². The first-order chi connectivity index (χ1) is 7.54. The second kappa shape index (κ2) is 5.19.